The predicted octanol–water partition coefficient (Wildman–Crippen LogP) is 2.16. The quantitative estimate of drug-likeness (QED) is 0.574. The van der Waals surface area contributed by atoms with Crippen molar-refractivity contribution in [3.63, 3.8) is 0 Å². The average Bonchev–Trinajstić information content (AvgIpc) is 2.11. The number of carbonyl (C=O) groups is 1. The standard InChI is InChI=1S/C9H3BrF2O2/c10-6-2-3-7(11)5(9(6)12)1-4-8(13)14/h2-3H,(H,13,14). The molecule has 0 heterocycles. The summed E-state index contributed by atoms with van der Waals surface area (Å²) >= 11 is 2.83. The van der Waals surface area contributed by atoms with Crippen LogP contribution in [0, 0.1) is 23.5 Å². The summed E-state index contributed by atoms with van der Waals surface area (Å²) in [5, 5.41) is 8.20. The molecule has 0 aromatic heterocycles. The van der Waals surface area contributed by atoms with Gasteiger partial charge in [0.1, 0.15) is 5.82 Å². The first-order valence-corrected chi connectivity index (χ1v) is 4.20. The van der Waals surface area contributed by atoms with E-state index in [0.717, 1.165) is 6.07 Å². The zero-order chi connectivity index (χ0) is 10.7. The summed E-state index contributed by atoms with van der Waals surface area (Å²) < 4.78 is 26.1. The van der Waals surface area contributed by atoms with Crippen LogP contribution in [0.15, 0.2) is 16.6 Å². The Morgan fingerprint density at radius 3 is 2.64 bits per heavy atom. The first kappa shape index (κ1) is 10.7. The Balaban J connectivity index is 3.28. The normalized spacial score (nSPS) is 9.07. The summed E-state index contributed by atoms with van der Waals surface area (Å²) in [6.45, 7) is 0. The molecule has 1 aromatic rings. The van der Waals surface area contributed by atoms with Gasteiger partial charge in [-0.1, -0.05) is 0 Å². The number of hydrogen-bond acceptors (Lipinski definition) is 1. The molecule has 0 aliphatic rings. The SMILES string of the molecule is O=C(O)C#Cc1c(F)ccc(Br)c1F. The van der Waals surface area contributed by atoms with Crippen LogP contribution in [0.5, 0.6) is 0 Å². The van der Waals surface area contributed by atoms with Crippen molar-refractivity contribution in [3.05, 3.63) is 33.8 Å². The summed E-state index contributed by atoms with van der Waals surface area (Å²) in [7, 11) is 0. The molecule has 0 unspecified atom stereocenters. The molecule has 0 atom stereocenters. The summed E-state index contributed by atoms with van der Waals surface area (Å²) in [6.07, 6.45) is 0. The first-order chi connectivity index (χ1) is 6.52. The van der Waals surface area contributed by atoms with E-state index in [0.29, 0.717) is 0 Å². The van der Waals surface area contributed by atoms with E-state index in [9.17, 15) is 13.6 Å². The molecule has 14 heavy (non-hydrogen) atoms. The second-order valence-electron chi connectivity index (χ2n) is 2.27. The molecule has 0 spiro atoms. The third kappa shape index (κ3) is 2.30. The molecule has 0 amide bonds. The van der Waals surface area contributed by atoms with Crippen LogP contribution in [0.25, 0.3) is 0 Å². The highest BCUT2D eigenvalue weighted by atomic mass is 79.9. The topological polar surface area (TPSA) is 37.3 Å². The van der Waals surface area contributed by atoms with E-state index in [2.05, 4.69) is 15.9 Å². The van der Waals surface area contributed by atoms with Gasteiger partial charge in [-0.25, -0.2) is 13.6 Å². The molecule has 2 nitrogen and oxygen atoms in total. The minimum Gasteiger partial charge on any atom is -0.472 e. The van der Waals surface area contributed by atoms with Crippen LogP contribution in [0.4, 0.5) is 8.78 Å². The van der Waals surface area contributed by atoms with Crippen molar-refractivity contribution in [1.82, 2.24) is 0 Å². The van der Waals surface area contributed by atoms with Crippen LogP contribution >= 0.6 is 15.9 Å². The lowest BCUT2D eigenvalue weighted by Gasteiger charge is -1.98. The fourth-order valence-electron chi connectivity index (χ4n) is 0.758. The maximum absolute atomic E-state index is 13.1. The number of hydrogen-bond donors (Lipinski definition) is 1. The third-order valence-corrected chi connectivity index (χ3v) is 1.95. The number of carboxylic acids is 1. The van der Waals surface area contributed by atoms with Crippen LogP contribution in [-0.4, -0.2) is 11.1 Å². The van der Waals surface area contributed by atoms with E-state index < -0.39 is 23.2 Å². The summed E-state index contributed by atoms with van der Waals surface area (Å²) in [4.78, 5) is 10.0. The van der Waals surface area contributed by atoms with Gasteiger partial charge >= 0.3 is 5.97 Å². The maximum Gasteiger partial charge on any atom is 0.382 e. The Labute approximate surface area is 86.7 Å². The molecular weight excluding hydrogens is 258 g/mol. The fourth-order valence-corrected chi connectivity index (χ4v) is 1.09. The van der Waals surface area contributed by atoms with Crippen LogP contribution in [0.1, 0.15) is 5.56 Å². The molecule has 72 valence electrons. The van der Waals surface area contributed by atoms with E-state index in [-0.39, 0.29) is 4.47 Å². The van der Waals surface area contributed by atoms with Crippen LogP contribution in [-0.2, 0) is 4.79 Å². The monoisotopic (exact) mass is 260 g/mol. The second-order valence-corrected chi connectivity index (χ2v) is 3.13. The molecule has 1 rings (SSSR count). The molecule has 0 bridgehead atoms. The summed E-state index contributed by atoms with van der Waals surface area (Å²) in [6, 6.07) is 2.18. The van der Waals surface area contributed by atoms with Gasteiger partial charge in [-0.05, 0) is 34.0 Å². The predicted molar refractivity (Wildman–Crippen MR) is 48.6 cm³/mol. The molecule has 0 fully saturated rings. The number of rotatable bonds is 0. The van der Waals surface area contributed by atoms with Gasteiger partial charge in [-0.15, -0.1) is 0 Å². The lowest BCUT2D eigenvalue weighted by Crippen LogP contribution is -1.93. The second kappa shape index (κ2) is 4.20. The molecule has 0 saturated heterocycles. The summed E-state index contributed by atoms with van der Waals surface area (Å²) in [5.74, 6) is 0.294. The Bertz CT molecular complexity index is 446. The van der Waals surface area contributed by atoms with E-state index in [1.54, 1.807) is 5.92 Å². The minimum atomic E-state index is -1.44. The highest BCUT2D eigenvalue weighted by molar-refractivity contribution is 9.10. The minimum absolute atomic E-state index is 0.0357. The molecule has 5 heteroatoms. The van der Waals surface area contributed by atoms with Crippen molar-refractivity contribution in [3.8, 4) is 11.8 Å². The van der Waals surface area contributed by atoms with Gasteiger partial charge < -0.3 is 5.11 Å². The Kier molecular flexibility index (Phi) is 3.20. The van der Waals surface area contributed by atoms with Crippen molar-refractivity contribution in [1.29, 1.82) is 0 Å². The van der Waals surface area contributed by atoms with Gasteiger partial charge in [-0.3, -0.25) is 0 Å². The zero-order valence-electron chi connectivity index (χ0n) is 6.64. The fraction of sp³-hybridized carbons (Fsp3) is 0. The lowest BCUT2D eigenvalue weighted by molar-refractivity contribution is -0.130. The van der Waals surface area contributed by atoms with E-state index in [4.69, 9.17) is 5.11 Å². The smallest absolute Gasteiger partial charge is 0.382 e. The van der Waals surface area contributed by atoms with Gasteiger partial charge in [0.2, 0.25) is 0 Å². The highest BCUT2D eigenvalue weighted by Crippen LogP contribution is 2.20. The van der Waals surface area contributed by atoms with Crippen LogP contribution in [0.3, 0.4) is 0 Å². The maximum atomic E-state index is 13.1. The van der Waals surface area contributed by atoms with Crippen molar-refractivity contribution in [2.45, 2.75) is 0 Å². The van der Waals surface area contributed by atoms with Gasteiger partial charge in [0.15, 0.2) is 5.82 Å². The zero-order valence-corrected chi connectivity index (χ0v) is 8.23. The Morgan fingerprint density at radius 1 is 1.43 bits per heavy atom. The van der Waals surface area contributed by atoms with Gasteiger partial charge in [0, 0.05) is 5.92 Å². The molecule has 1 aromatic carbocycles. The van der Waals surface area contributed by atoms with Crippen molar-refractivity contribution in [2.24, 2.45) is 0 Å². The largest absolute Gasteiger partial charge is 0.472 e. The first-order valence-electron chi connectivity index (χ1n) is 3.41. The number of halogens is 3. The van der Waals surface area contributed by atoms with E-state index >= 15 is 0 Å². The molecule has 0 aliphatic heterocycles. The Morgan fingerprint density at radius 2 is 2.07 bits per heavy atom. The van der Waals surface area contributed by atoms with E-state index in [1.807, 2.05) is 5.92 Å². The average molecular weight is 261 g/mol. The lowest BCUT2D eigenvalue weighted by atomic mass is 10.2. The highest BCUT2D eigenvalue weighted by Gasteiger charge is 2.09. The number of benzene rings is 1. The van der Waals surface area contributed by atoms with Gasteiger partial charge in [0.05, 0.1) is 10.0 Å². The van der Waals surface area contributed by atoms with Gasteiger partial charge in [0.25, 0.3) is 0 Å². The van der Waals surface area contributed by atoms with Crippen molar-refractivity contribution < 1.29 is 18.7 Å². The van der Waals surface area contributed by atoms with Crippen LogP contribution < -0.4 is 0 Å². The molecule has 1 N–H and O–H groups in total. The van der Waals surface area contributed by atoms with Crippen LogP contribution in [0.2, 0.25) is 0 Å². The Hall–Kier alpha value is -1.41. The third-order valence-electron chi connectivity index (χ3n) is 1.34. The van der Waals surface area contributed by atoms with Crippen molar-refractivity contribution >= 4 is 21.9 Å². The molecule has 0 radical (unpaired) electrons. The van der Waals surface area contributed by atoms with Crippen molar-refractivity contribution in [2.75, 3.05) is 0 Å². The van der Waals surface area contributed by atoms with E-state index in [1.165, 1.54) is 6.07 Å². The number of carboxylic acid groups (broad SMARTS) is 1. The molecular formula is C9H3BrF2O2. The molecule has 0 saturated carbocycles. The number of aliphatic carboxylic acids is 1. The molecule has 0 aliphatic carbocycles. The van der Waals surface area contributed by atoms with Gasteiger partial charge in [-0.2, -0.15) is 0 Å². The summed E-state index contributed by atoms with van der Waals surface area (Å²) in [5.41, 5.74) is -0.554.